The zero-order valence-corrected chi connectivity index (χ0v) is 9.41. The van der Waals surface area contributed by atoms with Gasteiger partial charge in [-0.25, -0.2) is 0 Å². The van der Waals surface area contributed by atoms with Crippen LogP contribution < -0.4 is 0 Å². The van der Waals surface area contributed by atoms with Gasteiger partial charge in [0.15, 0.2) is 0 Å². The SMILES string of the molecule is CCCN1CCCCC1C(O)COC. The van der Waals surface area contributed by atoms with Crippen LogP contribution in [-0.2, 0) is 4.74 Å². The van der Waals surface area contributed by atoms with Gasteiger partial charge in [-0.05, 0) is 32.4 Å². The number of aliphatic hydroxyl groups excluding tert-OH is 1. The van der Waals surface area contributed by atoms with Crippen LogP contribution in [-0.4, -0.2) is 49.0 Å². The lowest BCUT2D eigenvalue weighted by molar-refractivity contribution is -0.0177. The van der Waals surface area contributed by atoms with Gasteiger partial charge in [-0.2, -0.15) is 0 Å². The first-order chi connectivity index (χ1) is 6.79. The number of piperidine rings is 1. The first kappa shape index (κ1) is 12.0. The van der Waals surface area contributed by atoms with Crippen molar-refractivity contribution in [2.24, 2.45) is 0 Å². The maximum atomic E-state index is 9.90. The zero-order chi connectivity index (χ0) is 10.4. The average Bonchev–Trinajstić information content (AvgIpc) is 2.19. The number of aliphatic hydroxyl groups is 1. The molecule has 1 aliphatic heterocycles. The molecule has 3 heteroatoms. The Balaban J connectivity index is 2.44. The van der Waals surface area contributed by atoms with Crippen molar-refractivity contribution in [3.8, 4) is 0 Å². The van der Waals surface area contributed by atoms with Crippen molar-refractivity contribution in [3.63, 3.8) is 0 Å². The number of rotatable bonds is 5. The minimum atomic E-state index is -0.313. The van der Waals surface area contributed by atoms with E-state index in [0.717, 1.165) is 25.9 Å². The Labute approximate surface area is 87.1 Å². The van der Waals surface area contributed by atoms with Crippen LogP contribution >= 0.6 is 0 Å². The van der Waals surface area contributed by atoms with Crippen molar-refractivity contribution in [2.75, 3.05) is 26.8 Å². The molecule has 1 heterocycles. The summed E-state index contributed by atoms with van der Waals surface area (Å²) in [5.74, 6) is 0. The molecule has 0 bridgehead atoms. The Kier molecular flexibility index (Phi) is 5.45. The van der Waals surface area contributed by atoms with Gasteiger partial charge in [-0.3, -0.25) is 4.90 Å². The van der Waals surface area contributed by atoms with Gasteiger partial charge in [0.05, 0.1) is 12.7 Å². The van der Waals surface area contributed by atoms with E-state index in [9.17, 15) is 5.11 Å². The summed E-state index contributed by atoms with van der Waals surface area (Å²) < 4.78 is 5.01. The predicted octanol–water partition coefficient (Wildman–Crippen LogP) is 1.26. The number of methoxy groups -OCH3 is 1. The van der Waals surface area contributed by atoms with E-state index in [1.54, 1.807) is 7.11 Å². The monoisotopic (exact) mass is 201 g/mol. The molecule has 0 aromatic rings. The maximum absolute atomic E-state index is 9.90. The molecule has 1 rings (SSSR count). The third-order valence-corrected chi connectivity index (χ3v) is 2.96. The minimum absolute atomic E-state index is 0.313. The maximum Gasteiger partial charge on any atom is 0.0928 e. The molecule has 2 atom stereocenters. The van der Waals surface area contributed by atoms with Crippen LogP contribution in [0, 0.1) is 0 Å². The Morgan fingerprint density at radius 2 is 2.29 bits per heavy atom. The van der Waals surface area contributed by atoms with Gasteiger partial charge in [0.2, 0.25) is 0 Å². The molecule has 1 N–H and O–H groups in total. The standard InChI is InChI=1S/C11H23NO2/c1-3-7-12-8-5-4-6-10(12)11(13)9-14-2/h10-11,13H,3-9H2,1-2H3. The quantitative estimate of drug-likeness (QED) is 0.727. The topological polar surface area (TPSA) is 32.7 Å². The molecule has 0 aromatic heterocycles. The minimum Gasteiger partial charge on any atom is -0.389 e. The molecule has 0 spiro atoms. The number of nitrogens with zero attached hydrogens (tertiary/aromatic N) is 1. The summed E-state index contributed by atoms with van der Waals surface area (Å²) in [5, 5.41) is 9.90. The van der Waals surface area contributed by atoms with E-state index in [1.807, 2.05) is 0 Å². The van der Waals surface area contributed by atoms with Gasteiger partial charge in [0.1, 0.15) is 0 Å². The number of hydrogen-bond acceptors (Lipinski definition) is 3. The van der Waals surface area contributed by atoms with Gasteiger partial charge in [-0.1, -0.05) is 13.3 Å². The van der Waals surface area contributed by atoms with Crippen molar-refractivity contribution >= 4 is 0 Å². The number of hydrogen-bond donors (Lipinski definition) is 1. The Hall–Kier alpha value is -0.120. The summed E-state index contributed by atoms with van der Waals surface area (Å²) >= 11 is 0. The molecular weight excluding hydrogens is 178 g/mol. The van der Waals surface area contributed by atoms with E-state index in [-0.39, 0.29) is 6.10 Å². The smallest absolute Gasteiger partial charge is 0.0928 e. The first-order valence-electron chi connectivity index (χ1n) is 5.70. The van der Waals surface area contributed by atoms with Gasteiger partial charge in [0.25, 0.3) is 0 Å². The van der Waals surface area contributed by atoms with Gasteiger partial charge >= 0.3 is 0 Å². The van der Waals surface area contributed by atoms with E-state index in [4.69, 9.17) is 4.74 Å². The molecule has 0 saturated carbocycles. The summed E-state index contributed by atoms with van der Waals surface area (Å²) in [7, 11) is 1.65. The van der Waals surface area contributed by atoms with Crippen LogP contribution in [0.25, 0.3) is 0 Å². The number of likely N-dealkylation sites (tertiary alicyclic amines) is 1. The van der Waals surface area contributed by atoms with E-state index >= 15 is 0 Å². The van der Waals surface area contributed by atoms with Crippen molar-refractivity contribution in [3.05, 3.63) is 0 Å². The summed E-state index contributed by atoms with van der Waals surface area (Å²) in [4.78, 5) is 2.41. The normalized spacial score (nSPS) is 26.4. The fourth-order valence-electron chi connectivity index (χ4n) is 2.30. The highest BCUT2D eigenvalue weighted by atomic mass is 16.5. The van der Waals surface area contributed by atoms with E-state index in [1.165, 1.54) is 12.8 Å². The van der Waals surface area contributed by atoms with Crippen molar-refractivity contribution in [2.45, 2.75) is 44.8 Å². The molecule has 84 valence electrons. The molecule has 0 aromatic carbocycles. The van der Waals surface area contributed by atoms with Gasteiger partial charge in [0, 0.05) is 13.2 Å². The van der Waals surface area contributed by atoms with Crippen LogP contribution in [0.2, 0.25) is 0 Å². The van der Waals surface area contributed by atoms with Crippen LogP contribution in [0.3, 0.4) is 0 Å². The zero-order valence-electron chi connectivity index (χ0n) is 9.41. The van der Waals surface area contributed by atoms with Crippen molar-refractivity contribution in [1.82, 2.24) is 4.90 Å². The molecule has 3 nitrogen and oxygen atoms in total. The molecule has 14 heavy (non-hydrogen) atoms. The highest BCUT2D eigenvalue weighted by Crippen LogP contribution is 2.20. The Morgan fingerprint density at radius 3 is 2.93 bits per heavy atom. The largest absolute Gasteiger partial charge is 0.389 e. The van der Waals surface area contributed by atoms with Crippen molar-refractivity contribution < 1.29 is 9.84 Å². The molecule has 1 saturated heterocycles. The van der Waals surface area contributed by atoms with Gasteiger partial charge in [-0.15, -0.1) is 0 Å². The Morgan fingerprint density at radius 1 is 1.50 bits per heavy atom. The molecule has 2 unspecified atom stereocenters. The highest BCUT2D eigenvalue weighted by molar-refractivity contribution is 4.82. The fourth-order valence-corrected chi connectivity index (χ4v) is 2.30. The molecule has 0 amide bonds. The second kappa shape index (κ2) is 6.38. The van der Waals surface area contributed by atoms with E-state index in [0.29, 0.717) is 12.6 Å². The third kappa shape index (κ3) is 3.23. The highest BCUT2D eigenvalue weighted by Gasteiger charge is 2.27. The van der Waals surface area contributed by atoms with Crippen LogP contribution in [0.15, 0.2) is 0 Å². The summed E-state index contributed by atoms with van der Waals surface area (Å²) in [6.07, 6.45) is 4.48. The summed E-state index contributed by atoms with van der Waals surface area (Å²) in [5.41, 5.74) is 0. The van der Waals surface area contributed by atoms with Crippen LogP contribution in [0.4, 0.5) is 0 Å². The second-order valence-electron chi connectivity index (χ2n) is 4.12. The van der Waals surface area contributed by atoms with Crippen LogP contribution in [0.1, 0.15) is 32.6 Å². The Bertz CT molecular complexity index is 150. The lowest BCUT2D eigenvalue weighted by Gasteiger charge is -2.38. The van der Waals surface area contributed by atoms with E-state index in [2.05, 4.69) is 11.8 Å². The molecule has 1 aliphatic rings. The molecule has 0 aliphatic carbocycles. The summed E-state index contributed by atoms with van der Waals surface area (Å²) in [6.45, 7) is 4.89. The lowest BCUT2D eigenvalue weighted by atomic mass is 9.97. The predicted molar refractivity (Wildman–Crippen MR) is 57.4 cm³/mol. The van der Waals surface area contributed by atoms with Gasteiger partial charge < -0.3 is 9.84 Å². The third-order valence-electron chi connectivity index (χ3n) is 2.96. The van der Waals surface area contributed by atoms with Crippen molar-refractivity contribution in [1.29, 1.82) is 0 Å². The van der Waals surface area contributed by atoms with Crippen LogP contribution in [0.5, 0.6) is 0 Å². The molecular formula is C11H23NO2. The molecule has 1 fully saturated rings. The number of ether oxygens (including phenoxy) is 1. The first-order valence-corrected chi connectivity index (χ1v) is 5.70. The molecule has 0 radical (unpaired) electrons. The average molecular weight is 201 g/mol. The second-order valence-corrected chi connectivity index (χ2v) is 4.12. The van der Waals surface area contributed by atoms with E-state index < -0.39 is 0 Å². The lowest BCUT2D eigenvalue weighted by Crippen LogP contribution is -2.48. The fraction of sp³-hybridized carbons (Fsp3) is 1.00. The summed E-state index contributed by atoms with van der Waals surface area (Å²) in [6, 6.07) is 0.323.